The predicted molar refractivity (Wildman–Crippen MR) is 390 cm³/mol. The van der Waals surface area contributed by atoms with Gasteiger partial charge < -0.3 is 0 Å². The molecule has 0 amide bonds. The maximum Gasteiger partial charge on any atom is 0.0281 e. The molecular formula is C91H102. The molecule has 15 rings (SSSR count). The van der Waals surface area contributed by atoms with Crippen molar-refractivity contribution in [2.45, 2.75) is 195 Å². The summed E-state index contributed by atoms with van der Waals surface area (Å²) in [5, 5.41) is 0. The van der Waals surface area contributed by atoms with Gasteiger partial charge in [-0.3, -0.25) is 0 Å². The fourth-order valence-corrected chi connectivity index (χ4v) is 17.6. The van der Waals surface area contributed by atoms with Crippen LogP contribution < -0.4 is 0 Å². The molecule has 3 fully saturated rings. The smallest absolute Gasteiger partial charge is 0.0281 e. The molecule has 4 aromatic rings. The Morgan fingerprint density at radius 1 is 0.429 bits per heavy atom. The second kappa shape index (κ2) is 28.7. The summed E-state index contributed by atoms with van der Waals surface area (Å²) in [5.41, 5.74) is 33.8. The third-order valence-electron chi connectivity index (χ3n) is 22.9. The molecule has 466 valence electrons. The molecule has 0 N–H and O–H groups in total. The first-order chi connectivity index (χ1) is 44.5. The second-order valence-corrected chi connectivity index (χ2v) is 29.2. The lowest BCUT2D eigenvalue weighted by molar-refractivity contribution is 0.259. The molecule has 0 nitrogen and oxygen atoms in total. The van der Waals surface area contributed by atoms with Crippen LogP contribution in [0.3, 0.4) is 0 Å². The van der Waals surface area contributed by atoms with Crippen molar-refractivity contribution in [3.63, 3.8) is 0 Å². The van der Waals surface area contributed by atoms with E-state index in [1.54, 1.807) is 16.7 Å². The predicted octanol–water partition coefficient (Wildman–Crippen LogP) is 24.5. The highest BCUT2D eigenvalue weighted by molar-refractivity contribution is 5.79. The SMILES string of the molecule is CC1=CC(C2=CC=C(Cc3ccc(C4CCC(C(C)C)CC4)cc3)C3=CC=CC23)=CC1.CCc1ccc(C2=CC=C(Cc3ccc(C4CCCCC4)c(C)c3)C3=CC=CC32)cc1C.Cc1cc(CC2=CC=C(C3=CCC=C3)C3C=CC=C23)ccc1C1CCCCC1. The molecule has 0 spiro atoms. The Hall–Kier alpha value is -7.28. The minimum Gasteiger partial charge on any atom is -0.0801 e. The first-order valence-electron chi connectivity index (χ1n) is 36.0. The molecule has 0 heterocycles. The van der Waals surface area contributed by atoms with E-state index in [-0.39, 0.29) is 0 Å². The number of hydrogen-bond acceptors (Lipinski definition) is 0. The normalized spacial score (nSPS) is 24.0. The zero-order valence-corrected chi connectivity index (χ0v) is 56.3. The monoisotopic (exact) mass is 1190 g/mol. The van der Waals surface area contributed by atoms with Gasteiger partial charge in [-0.25, -0.2) is 0 Å². The van der Waals surface area contributed by atoms with E-state index in [1.807, 2.05) is 0 Å². The van der Waals surface area contributed by atoms with Gasteiger partial charge in [-0.15, -0.1) is 0 Å². The largest absolute Gasteiger partial charge is 0.0801 e. The number of aryl methyl sites for hydroxylation is 4. The molecule has 11 aliphatic carbocycles. The molecule has 0 radical (unpaired) electrons. The summed E-state index contributed by atoms with van der Waals surface area (Å²) in [4.78, 5) is 0. The molecule has 0 bridgehead atoms. The zero-order chi connectivity index (χ0) is 62.4. The Bertz CT molecular complexity index is 3900. The molecule has 4 aromatic carbocycles. The van der Waals surface area contributed by atoms with Gasteiger partial charge in [-0.1, -0.05) is 265 Å². The van der Waals surface area contributed by atoms with E-state index in [0.717, 1.165) is 68.1 Å². The molecule has 11 aliphatic rings. The van der Waals surface area contributed by atoms with Gasteiger partial charge in [-0.2, -0.15) is 0 Å². The van der Waals surface area contributed by atoms with E-state index < -0.39 is 0 Å². The maximum atomic E-state index is 2.45. The van der Waals surface area contributed by atoms with Crippen LogP contribution in [0.2, 0.25) is 0 Å². The van der Waals surface area contributed by atoms with Crippen molar-refractivity contribution in [1.82, 2.24) is 0 Å². The van der Waals surface area contributed by atoms with Crippen molar-refractivity contribution >= 4 is 5.57 Å². The molecule has 3 atom stereocenters. The van der Waals surface area contributed by atoms with Crippen LogP contribution in [-0.2, 0) is 25.7 Å². The van der Waals surface area contributed by atoms with E-state index in [1.165, 1.54) is 201 Å². The molecule has 3 saturated carbocycles. The van der Waals surface area contributed by atoms with Crippen LogP contribution in [0.25, 0.3) is 5.57 Å². The molecule has 0 saturated heterocycles. The lowest BCUT2D eigenvalue weighted by Crippen LogP contribution is -2.17. The van der Waals surface area contributed by atoms with Crippen molar-refractivity contribution in [3.8, 4) is 0 Å². The molecule has 0 aliphatic heterocycles. The first-order valence-corrected chi connectivity index (χ1v) is 36.0. The van der Waals surface area contributed by atoms with Crippen LogP contribution in [0.4, 0.5) is 0 Å². The molecule has 91 heavy (non-hydrogen) atoms. The van der Waals surface area contributed by atoms with E-state index in [4.69, 9.17) is 0 Å². The number of benzene rings is 4. The van der Waals surface area contributed by atoms with Crippen molar-refractivity contribution in [3.05, 3.63) is 323 Å². The van der Waals surface area contributed by atoms with Crippen LogP contribution >= 0.6 is 0 Å². The van der Waals surface area contributed by atoms with Crippen LogP contribution in [0.5, 0.6) is 0 Å². The fraction of sp³-hybridized carbons (Fsp3) is 0.385. The Morgan fingerprint density at radius 3 is 1.41 bits per heavy atom. The Morgan fingerprint density at radius 2 is 0.934 bits per heavy atom. The number of allylic oxidation sites excluding steroid dienone is 32. The van der Waals surface area contributed by atoms with Gasteiger partial charge in [-0.05, 0) is 270 Å². The number of fused-ring (bicyclic) bond motifs is 3. The maximum absolute atomic E-state index is 2.45. The van der Waals surface area contributed by atoms with Crippen LogP contribution in [0.1, 0.15) is 209 Å². The third-order valence-corrected chi connectivity index (χ3v) is 22.9. The molecule has 0 aromatic heterocycles. The van der Waals surface area contributed by atoms with E-state index in [2.05, 4.69) is 249 Å². The van der Waals surface area contributed by atoms with Gasteiger partial charge in [0.05, 0.1) is 0 Å². The fourth-order valence-electron chi connectivity index (χ4n) is 17.6. The first kappa shape index (κ1) is 62.5. The molecular weight excluding hydrogens is 1090 g/mol. The third kappa shape index (κ3) is 14.2. The Kier molecular flexibility index (Phi) is 19.7. The minimum absolute atomic E-state index is 0.393. The molecule has 0 heteroatoms. The average molecular weight is 1200 g/mol. The summed E-state index contributed by atoms with van der Waals surface area (Å²) in [6.45, 7) is 16.1. The van der Waals surface area contributed by atoms with Gasteiger partial charge in [0.25, 0.3) is 0 Å². The van der Waals surface area contributed by atoms with Crippen LogP contribution in [-0.4, -0.2) is 0 Å². The van der Waals surface area contributed by atoms with Crippen LogP contribution in [0.15, 0.2) is 262 Å². The number of rotatable bonds is 14. The highest BCUT2D eigenvalue weighted by atomic mass is 14.4. The standard InChI is InChI=1S/C32H36.C31H36.C28H30/c1-4-25-14-15-27(20-22(25)2)31-18-16-28(30-11-8-12-32(30)31)21-24-13-17-29(23(3)19-24)26-9-6-5-7-10-26;1-21(2)24-13-15-26(16-14-24)25-11-8-23(9-12-25)20-28-17-18-30(27-10-7-22(3)19-27)31-6-4-5-29(28)31;1-20-18-21(14-16-25(20)22-8-3-2-4-9-22)19-24-15-17-27(23-10-5-6-11-23)28-13-7-12-26(24)28/h8,11-20,26,32H,4-7,9-10,21H2,1-3H3;4-6,8-12,17-19,21,24,26,31H,7,13-16,20H2,1-3H3;5,7,10-18,22,28H,2-4,6,8-9,19H2,1H3. The van der Waals surface area contributed by atoms with Crippen molar-refractivity contribution in [2.75, 3.05) is 0 Å². The lowest BCUT2D eigenvalue weighted by Gasteiger charge is -2.31. The summed E-state index contributed by atoms with van der Waals surface area (Å²) in [6.07, 6.45) is 72.5. The van der Waals surface area contributed by atoms with Crippen LogP contribution in [0, 0.1) is 50.4 Å². The highest BCUT2D eigenvalue weighted by Gasteiger charge is 2.31. The van der Waals surface area contributed by atoms with Crippen molar-refractivity contribution in [1.29, 1.82) is 0 Å². The van der Waals surface area contributed by atoms with E-state index in [0.29, 0.717) is 17.8 Å². The topological polar surface area (TPSA) is 0 Å². The van der Waals surface area contributed by atoms with Gasteiger partial charge >= 0.3 is 0 Å². The van der Waals surface area contributed by atoms with Gasteiger partial charge in [0.2, 0.25) is 0 Å². The number of hydrogen-bond donors (Lipinski definition) is 0. The summed E-state index contributed by atoms with van der Waals surface area (Å²) < 4.78 is 0. The van der Waals surface area contributed by atoms with E-state index in [9.17, 15) is 0 Å². The van der Waals surface area contributed by atoms with Crippen molar-refractivity contribution < 1.29 is 0 Å². The average Bonchev–Trinajstić information content (AvgIpc) is 1.82. The quantitative estimate of drug-likeness (QED) is 0.118. The summed E-state index contributed by atoms with van der Waals surface area (Å²) >= 11 is 0. The molecule has 3 unspecified atom stereocenters. The van der Waals surface area contributed by atoms with Crippen molar-refractivity contribution in [2.24, 2.45) is 29.6 Å². The van der Waals surface area contributed by atoms with Gasteiger partial charge in [0.1, 0.15) is 0 Å². The Labute approximate surface area is 549 Å². The summed E-state index contributed by atoms with van der Waals surface area (Å²) in [5.74, 6) is 5.39. The lowest BCUT2D eigenvalue weighted by atomic mass is 9.74. The highest BCUT2D eigenvalue weighted by Crippen LogP contribution is 2.47. The minimum atomic E-state index is 0.393. The van der Waals surface area contributed by atoms with Gasteiger partial charge in [0, 0.05) is 17.8 Å². The zero-order valence-electron chi connectivity index (χ0n) is 56.3. The Balaban J connectivity index is 0.000000125. The summed E-state index contributed by atoms with van der Waals surface area (Å²) in [7, 11) is 0. The second-order valence-electron chi connectivity index (χ2n) is 29.2. The summed E-state index contributed by atoms with van der Waals surface area (Å²) in [6, 6.07) is 31.1. The van der Waals surface area contributed by atoms with E-state index >= 15 is 0 Å². The van der Waals surface area contributed by atoms with Gasteiger partial charge in [0.15, 0.2) is 0 Å².